The average molecular weight is 379 g/mol. The van der Waals surface area contributed by atoms with Crippen molar-refractivity contribution in [2.45, 2.75) is 6.92 Å². The van der Waals surface area contributed by atoms with E-state index in [1.165, 1.54) is 6.20 Å². The van der Waals surface area contributed by atoms with Crippen molar-refractivity contribution in [3.8, 4) is 6.07 Å². The van der Waals surface area contributed by atoms with Crippen LogP contribution in [-0.2, 0) is 4.74 Å². The monoisotopic (exact) mass is 379 g/mol. The summed E-state index contributed by atoms with van der Waals surface area (Å²) in [5.74, 6) is 0.423. The zero-order valence-corrected chi connectivity index (χ0v) is 15.6. The Hall–Kier alpha value is -3.60. The van der Waals surface area contributed by atoms with Gasteiger partial charge in [-0.15, -0.1) is 0 Å². The van der Waals surface area contributed by atoms with Crippen LogP contribution < -0.4 is 10.2 Å². The van der Waals surface area contributed by atoms with Gasteiger partial charge >= 0.3 is 6.09 Å². The number of ether oxygens (including phenoxy) is 1. The van der Waals surface area contributed by atoms with Crippen LogP contribution in [0.5, 0.6) is 0 Å². The highest BCUT2D eigenvalue weighted by atomic mass is 16.6. The molecular weight excluding hydrogens is 358 g/mol. The Bertz CT molecular complexity index is 883. The van der Waals surface area contributed by atoms with Gasteiger partial charge in [0.2, 0.25) is 0 Å². The Morgan fingerprint density at radius 2 is 1.93 bits per heavy atom. The van der Waals surface area contributed by atoms with Crippen LogP contribution in [0.2, 0.25) is 0 Å². The molecule has 1 saturated heterocycles. The highest BCUT2D eigenvalue weighted by molar-refractivity contribution is 6.04. The van der Waals surface area contributed by atoms with Gasteiger partial charge in [0.15, 0.2) is 0 Å². The number of hydrogen-bond acceptors (Lipinski definition) is 6. The minimum absolute atomic E-state index is 0.292. The highest BCUT2D eigenvalue weighted by Crippen LogP contribution is 2.17. The first kappa shape index (κ1) is 19.2. The molecule has 1 aliphatic heterocycles. The smallest absolute Gasteiger partial charge is 0.409 e. The maximum Gasteiger partial charge on any atom is 0.409 e. The molecule has 8 nitrogen and oxygen atoms in total. The number of aromatic nitrogens is 1. The van der Waals surface area contributed by atoms with Crippen LogP contribution in [-0.4, -0.2) is 54.7 Å². The standard InChI is InChI=1S/C20H21N5O3/c1-2-28-20(27)25-11-9-24(10-12-25)18-8-7-16(14-22-18)19(26)23-17-6-4-3-5-15(17)13-21/h3-8,14H,2,9-12H2,1H3,(H,23,26). The lowest BCUT2D eigenvalue weighted by molar-refractivity contribution is 0.102. The lowest BCUT2D eigenvalue weighted by atomic mass is 10.2. The van der Waals surface area contributed by atoms with Crippen LogP contribution in [0.25, 0.3) is 0 Å². The van der Waals surface area contributed by atoms with Gasteiger partial charge in [0.05, 0.1) is 23.4 Å². The third-order valence-corrected chi connectivity index (χ3v) is 4.44. The molecule has 8 heteroatoms. The summed E-state index contributed by atoms with van der Waals surface area (Å²) in [6.45, 7) is 4.57. The first-order valence-corrected chi connectivity index (χ1v) is 9.05. The van der Waals surface area contributed by atoms with Crippen LogP contribution in [0, 0.1) is 11.3 Å². The van der Waals surface area contributed by atoms with Crippen LogP contribution in [0.15, 0.2) is 42.6 Å². The van der Waals surface area contributed by atoms with E-state index in [0.717, 1.165) is 5.82 Å². The average Bonchev–Trinajstić information content (AvgIpc) is 2.74. The van der Waals surface area contributed by atoms with Gasteiger partial charge in [0.1, 0.15) is 11.9 Å². The number of piperazine rings is 1. The van der Waals surface area contributed by atoms with Crippen molar-refractivity contribution in [2.75, 3.05) is 43.0 Å². The maximum atomic E-state index is 12.4. The van der Waals surface area contributed by atoms with E-state index in [1.54, 1.807) is 48.2 Å². The van der Waals surface area contributed by atoms with Gasteiger partial charge in [-0.2, -0.15) is 5.26 Å². The van der Waals surface area contributed by atoms with Crippen molar-refractivity contribution >= 4 is 23.5 Å². The fraction of sp³-hybridized carbons (Fsp3) is 0.300. The molecule has 2 amide bonds. The third-order valence-electron chi connectivity index (χ3n) is 4.44. The largest absolute Gasteiger partial charge is 0.450 e. The minimum Gasteiger partial charge on any atom is -0.450 e. The van der Waals surface area contributed by atoms with Gasteiger partial charge in [-0.05, 0) is 31.2 Å². The predicted octanol–water partition coefficient (Wildman–Crippen LogP) is 2.48. The molecule has 1 aromatic carbocycles. The van der Waals surface area contributed by atoms with Crippen LogP contribution in [0.4, 0.5) is 16.3 Å². The quantitative estimate of drug-likeness (QED) is 0.876. The summed E-state index contributed by atoms with van der Waals surface area (Å²) in [4.78, 5) is 32.3. The number of nitrogens with one attached hydrogen (secondary N) is 1. The second-order valence-electron chi connectivity index (χ2n) is 6.19. The Balaban J connectivity index is 1.60. The Morgan fingerprint density at radius 3 is 2.57 bits per heavy atom. The van der Waals surface area contributed by atoms with E-state index in [1.807, 2.05) is 6.07 Å². The summed E-state index contributed by atoms with van der Waals surface area (Å²) < 4.78 is 5.02. The molecule has 0 unspecified atom stereocenters. The second-order valence-corrected chi connectivity index (χ2v) is 6.19. The summed E-state index contributed by atoms with van der Waals surface area (Å²) in [6.07, 6.45) is 1.22. The van der Waals surface area contributed by atoms with Gasteiger partial charge in [0, 0.05) is 32.4 Å². The van der Waals surface area contributed by atoms with Gasteiger partial charge in [-0.1, -0.05) is 12.1 Å². The molecule has 28 heavy (non-hydrogen) atoms. The molecule has 2 heterocycles. The van der Waals surface area contributed by atoms with E-state index < -0.39 is 0 Å². The topological polar surface area (TPSA) is 98.6 Å². The van der Waals surface area contributed by atoms with Crippen molar-refractivity contribution in [1.29, 1.82) is 5.26 Å². The van der Waals surface area contributed by atoms with Crippen LogP contribution in [0.1, 0.15) is 22.8 Å². The van der Waals surface area contributed by atoms with Crippen molar-refractivity contribution in [2.24, 2.45) is 0 Å². The third kappa shape index (κ3) is 4.38. The van der Waals surface area contributed by atoms with Crippen molar-refractivity contribution in [3.05, 3.63) is 53.7 Å². The van der Waals surface area contributed by atoms with Crippen LogP contribution >= 0.6 is 0 Å². The SMILES string of the molecule is CCOC(=O)N1CCN(c2ccc(C(=O)Nc3ccccc3C#N)cn2)CC1. The maximum absolute atomic E-state index is 12.4. The molecule has 0 aliphatic carbocycles. The number of carbonyl (C=O) groups is 2. The number of benzene rings is 1. The van der Waals surface area contributed by atoms with Gasteiger partial charge in [-0.3, -0.25) is 4.79 Å². The summed E-state index contributed by atoms with van der Waals surface area (Å²) in [5.41, 5.74) is 1.27. The number of para-hydroxylation sites is 1. The Labute approximate surface area is 163 Å². The lowest BCUT2D eigenvalue weighted by Gasteiger charge is -2.34. The molecule has 0 radical (unpaired) electrons. The van der Waals surface area contributed by atoms with Gasteiger partial charge in [-0.25, -0.2) is 9.78 Å². The number of nitrogens with zero attached hydrogens (tertiary/aromatic N) is 4. The number of hydrogen-bond donors (Lipinski definition) is 1. The number of amides is 2. The Morgan fingerprint density at radius 1 is 1.18 bits per heavy atom. The van der Waals surface area contributed by atoms with Crippen molar-refractivity contribution < 1.29 is 14.3 Å². The molecule has 0 bridgehead atoms. The van der Waals surface area contributed by atoms with E-state index in [-0.39, 0.29) is 12.0 Å². The molecule has 1 fully saturated rings. The number of pyridine rings is 1. The Kier molecular flexibility index (Phi) is 6.07. The fourth-order valence-electron chi connectivity index (χ4n) is 2.92. The van der Waals surface area contributed by atoms with Gasteiger partial charge in [0.25, 0.3) is 5.91 Å². The van der Waals surface area contributed by atoms with E-state index in [2.05, 4.69) is 15.2 Å². The summed E-state index contributed by atoms with van der Waals surface area (Å²) >= 11 is 0. The zero-order valence-electron chi connectivity index (χ0n) is 15.6. The molecular formula is C20H21N5O3. The van der Waals surface area contributed by atoms with E-state index >= 15 is 0 Å². The first-order valence-electron chi connectivity index (χ1n) is 9.05. The van der Waals surface area contributed by atoms with Crippen LogP contribution in [0.3, 0.4) is 0 Å². The number of nitriles is 1. The molecule has 1 aliphatic rings. The van der Waals surface area contributed by atoms with E-state index in [4.69, 9.17) is 10.00 Å². The van der Waals surface area contributed by atoms with Gasteiger partial charge < -0.3 is 19.9 Å². The van der Waals surface area contributed by atoms with E-state index in [0.29, 0.717) is 49.6 Å². The molecule has 2 aromatic rings. The zero-order chi connectivity index (χ0) is 19.9. The predicted molar refractivity (Wildman–Crippen MR) is 104 cm³/mol. The number of anilines is 2. The number of rotatable bonds is 4. The first-order chi connectivity index (χ1) is 13.6. The van der Waals surface area contributed by atoms with E-state index in [9.17, 15) is 9.59 Å². The molecule has 1 aromatic heterocycles. The van der Waals surface area contributed by atoms with Crippen molar-refractivity contribution in [3.63, 3.8) is 0 Å². The highest BCUT2D eigenvalue weighted by Gasteiger charge is 2.22. The molecule has 3 rings (SSSR count). The lowest BCUT2D eigenvalue weighted by Crippen LogP contribution is -2.49. The summed E-state index contributed by atoms with van der Waals surface area (Å²) in [5, 5.41) is 11.8. The molecule has 0 atom stereocenters. The molecule has 144 valence electrons. The normalized spacial score (nSPS) is 13.6. The second kappa shape index (κ2) is 8.86. The van der Waals surface area contributed by atoms with Crippen molar-refractivity contribution in [1.82, 2.24) is 9.88 Å². The number of carbonyl (C=O) groups excluding carboxylic acids is 2. The molecule has 1 N–H and O–H groups in total. The fourth-order valence-corrected chi connectivity index (χ4v) is 2.92. The summed E-state index contributed by atoms with van der Waals surface area (Å²) in [7, 11) is 0. The molecule has 0 saturated carbocycles. The molecule has 0 spiro atoms. The minimum atomic E-state index is -0.325. The summed E-state index contributed by atoms with van der Waals surface area (Å²) in [6, 6.07) is 12.4.